The number of carbonyl (C=O) groups excluding carboxylic acids is 2. The van der Waals surface area contributed by atoms with E-state index in [4.69, 9.17) is 9.47 Å². The lowest BCUT2D eigenvalue weighted by atomic mass is 10.0. The number of rotatable bonds is 10. The normalized spacial score (nSPS) is 9.87. The van der Waals surface area contributed by atoms with Crippen molar-refractivity contribution in [1.29, 1.82) is 0 Å². The number of hydrogen-bond acceptors (Lipinski definition) is 5. The Hall–Kier alpha value is -1.63. The minimum Gasteiger partial charge on any atom is -0.496 e. The number of ketones is 1. The summed E-state index contributed by atoms with van der Waals surface area (Å²) < 4.78 is 10.1. The van der Waals surface area contributed by atoms with Crippen molar-refractivity contribution < 1.29 is 19.1 Å². The van der Waals surface area contributed by atoms with Crippen LogP contribution < -0.4 is 15.4 Å². The van der Waals surface area contributed by atoms with Gasteiger partial charge in [0.1, 0.15) is 5.75 Å². The van der Waals surface area contributed by atoms with Crippen LogP contribution in [0, 0.1) is 0 Å². The van der Waals surface area contributed by atoms with E-state index in [-0.39, 0.29) is 30.5 Å². The maximum absolute atomic E-state index is 11.9. The number of amides is 1. The Balaban J connectivity index is 0.00000484. The van der Waals surface area contributed by atoms with Crippen LogP contribution in [0.2, 0.25) is 0 Å². The van der Waals surface area contributed by atoms with Crippen LogP contribution in [0.1, 0.15) is 22.8 Å². The van der Waals surface area contributed by atoms with Gasteiger partial charge >= 0.3 is 0 Å². The Bertz CT molecular complexity index is 509. The average molecular weight is 345 g/mol. The van der Waals surface area contributed by atoms with E-state index in [0.29, 0.717) is 36.6 Å². The Morgan fingerprint density at radius 2 is 1.87 bits per heavy atom. The number of nitrogens with one attached hydrogen (secondary N) is 2. The lowest BCUT2D eigenvalue weighted by molar-refractivity contribution is -0.120. The highest BCUT2D eigenvalue weighted by Gasteiger charge is 2.11. The molecule has 23 heavy (non-hydrogen) atoms. The van der Waals surface area contributed by atoms with Crippen LogP contribution in [0.15, 0.2) is 18.2 Å². The lowest BCUT2D eigenvalue weighted by Crippen LogP contribution is -2.33. The Morgan fingerprint density at radius 1 is 1.13 bits per heavy atom. The Kier molecular flexibility index (Phi) is 11.0. The van der Waals surface area contributed by atoms with Crippen molar-refractivity contribution in [3.05, 3.63) is 29.3 Å². The van der Waals surface area contributed by atoms with Gasteiger partial charge in [0.15, 0.2) is 5.78 Å². The minimum atomic E-state index is -0.104. The Morgan fingerprint density at radius 3 is 2.48 bits per heavy atom. The van der Waals surface area contributed by atoms with Crippen molar-refractivity contribution in [2.75, 3.05) is 40.5 Å². The van der Waals surface area contributed by atoms with Crippen LogP contribution in [-0.2, 0) is 16.0 Å². The lowest BCUT2D eigenvalue weighted by Gasteiger charge is -2.11. The summed E-state index contributed by atoms with van der Waals surface area (Å²) in [5.74, 6) is 0.470. The number of hydrogen-bond donors (Lipinski definition) is 2. The number of methoxy groups -OCH3 is 2. The van der Waals surface area contributed by atoms with E-state index in [1.54, 1.807) is 32.4 Å². The topological polar surface area (TPSA) is 76.7 Å². The number of halogens is 1. The van der Waals surface area contributed by atoms with Crippen LogP contribution in [0.25, 0.3) is 0 Å². The van der Waals surface area contributed by atoms with E-state index >= 15 is 0 Å². The largest absolute Gasteiger partial charge is 0.496 e. The highest BCUT2D eigenvalue weighted by molar-refractivity contribution is 5.94. The molecular formula is C16H25ClN2O4. The molecule has 0 aliphatic carbocycles. The third kappa shape index (κ3) is 7.97. The molecule has 1 aromatic carbocycles. The van der Waals surface area contributed by atoms with Gasteiger partial charge in [0, 0.05) is 37.9 Å². The van der Waals surface area contributed by atoms with Crippen LogP contribution in [0.3, 0.4) is 0 Å². The smallest absolute Gasteiger partial charge is 0.224 e. The second-order valence-electron chi connectivity index (χ2n) is 4.85. The zero-order chi connectivity index (χ0) is 16.4. The van der Waals surface area contributed by atoms with E-state index in [2.05, 4.69) is 10.6 Å². The minimum absolute atomic E-state index is 0. The van der Waals surface area contributed by atoms with Crippen molar-refractivity contribution in [2.45, 2.75) is 13.3 Å². The standard InChI is InChI=1S/C16H24N2O4.ClH/c1-12(19)13-4-5-15(22-3)14(10-13)11-16(20)18-7-6-17-8-9-21-2;/h4-5,10,17H,6-9,11H2,1-3H3,(H,18,20);1H. The molecule has 1 rings (SSSR count). The molecule has 1 aromatic rings. The van der Waals surface area contributed by atoms with Gasteiger partial charge in [-0.2, -0.15) is 0 Å². The molecule has 0 spiro atoms. The van der Waals surface area contributed by atoms with Crippen LogP contribution in [-0.4, -0.2) is 52.2 Å². The van der Waals surface area contributed by atoms with Crippen molar-refractivity contribution in [1.82, 2.24) is 10.6 Å². The summed E-state index contributed by atoms with van der Waals surface area (Å²) in [6.45, 7) is 4.11. The zero-order valence-electron chi connectivity index (χ0n) is 13.8. The first-order valence-corrected chi connectivity index (χ1v) is 7.22. The molecule has 1 amide bonds. The van der Waals surface area contributed by atoms with Gasteiger partial charge in [-0.3, -0.25) is 9.59 Å². The van der Waals surface area contributed by atoms with E-state index in [1.807, 2.05) is 0 Å². The molecular weight excluding hydrogens is 320 g/mol. The molecule has 0 fully saturated rings. The first-order chi connectivity index (χ1) is 10.6. The van der Waals surface area contributed by atoms with Crippen molar-refractivity contribution >= 4 is 24.1 Å². The van der Waals surface area contributed by atoms with E-state index < -0.39 is 0 Å². The molecule has 7 heteroatoms. The number of benzene rings is 1. The second-order valence-corrected chi connectivity index (χ2v) is 4.85. The van der Waals surface area contributed by atoms with Crippen molar-refractivity contribution in [2.24, 2.45) is 0 Å². The van der Waals surface area contributed by atoms with Gasteiger partial charge in [-0.15, -0.1) is 12.4 Å². The van der Waals surface area contributed by atoms with Crippen LogP contribution >= 0.6 is 12.4 Å². The van der Waals surface area contributed by atoms with E-state index in [1.165, 1.54) is 6.92 Å². The van der Waals surface area contributed by atoms with Crippen molar-refractivity contribution in [3.8, 4) is 5.75 Å². The highest BCUT2D eigenvalue weighted by Crippen LogP contribution is 2.20. The summed E-state index contributed by atoms with van der Waals surface area (Å²) in [6, 6.07) is 5.12. The fourth-order valence-electron chi connectivity index (χ4n) is 1.96. The van der Waals surface area contributed by atoms with Gasteiger partial charge in [0.25, 0.3) is 0 Å². The molecule has 0 bridgehead atoms. The second kappa shape index (κ2) is 11.9. The molecule has 0 aromatic heterocycles. The van der Waals surface area contributed by atoms with Gasteiger partial charge in [-0.25, -0.2) is 0 Å². The molecule has 0 radical (unpaired) electrons. The third-order valence-corrected chi connectivity index (χ3v) is 3.14. The number of Topliss-reactive ketones (excluding diaryl/α,β-unsaturated/α-hetero) is 1. The molecule has 6 nitrogen and oxygen atoms in total. The predicted molar refractivity (Wildman–Crippen MR) is 91.7 cm³/mol. The molecule has 0 heterocycles. The highest BCUT2D eigenvalue weighted by atomic mass is 35.5. The van der Waals surface area contributed by atoms with Gasteiger partial charge in [-0.1, -0.05) is 0 Å². The molecule has 0 aliphatic heterocycles. The molecule has 0 atom stereocenters. The maximum atomic E-state index is 11.9. The monoisotopic (exact) mass is 344 g/mol. The summed E-state index contributed by atoms with van der Waals surface area (Å²) >= 11 is 0. The summed E-state index contributed by atoms with van der Waals surface area (Å²) in [4.78, 5) is 23.4. The summed E-state index contributed by atoms with van der Waals surface area (Å²) in [5, 5.41) is 5.97. The van der Waals surface area contributed by atoms with E-state index in [0.717, 1.165) is 6.54 Å². The van der Waals surface area contributed by atoms with Gasteiger partial charge in [-0.05, 0) is 25.1 Å². The summed E-state index contributed by atoms with van der Waals surface area (Å²) in [7, 11) is 3.19. The molecule has 0 aliphatic rings. The zero-order valence-corrected chi connectivity index (χ0v) is 14.6. The quantitative estimate of drug-likeness (QED) is 0.493. The third-order valence-electron chi connectivity index (χ3n) is 3.14. The summed E-state index contributed by atoms with van der Waals surface area (Å²) in [6.07, 6.45) is 0.183. The van der Waals surface area contributed by atoms with E-state index in [9.17, 15) is 9.59 Å². The van der Waals surface area contributed by atoms with Gasteiger partial charge < -0.3 is 20.1 Å². The first kappa shape index (κ1) is 21.4. The van der Waals surface area contributed by atoms with Crippen molar-refractivity contribution in [3.63, 3.8) is 0 Å². The predicted octanol–water partition coefficient (Wildman–Crippen LogP) is 1.21. The number of ether oxygens (including phenoxy) is 2. The number of carbonyl (C=O) groups is 2. The summed E-state index contributed by atoms with van der Waals surface area (Å²) in [5.41, 5.74) is 1.28. The molecule has 0 saturated heterocycles. The first-order valence-electron chi connectivity index (χ1n) is 7.22. The average Bonchev–Trinajstić information content (AvgIpc) is 2.50. The fraction of sp³-hybridized carbons (Fsp3) is 0.500. The molecule has 0 saturated carbocycles. The SMILES string of the molecule is COCCNCCNC(=O)Cc1cc(C(C)=O)ccc1OC.Cl. The fourth-order valence-corrected chi connectivity index (χ4v) is 1.96. The molecule has 130 valence electrons. The van der Waals surface area contributed by atoms with Crippen LogP contribution in [0.5, 0.6) is 5.75 Å². The van der Waals surface area contributed by atoms with Crippen LogP contribution in [0.4, 0.5) is 0 Å². The van der Waals surface area contributed by atoms with Gasteiger partial charge in [0.2, 0.25) is 5.91 Å². The van der Waals surface area contributed by atoms with Gasteiger partial charge in [0.05, 0.1) is 20.1 Å². The Labute approximate surface area is 143 Å². The molecule has 2 N–H and O–H groups in total. The maximum Gasteiger partial charge on any atom is 0.224 e. The molecule has 0 unspecified atom stereocenters.